The van der Waals surface area contributed by atoms with Crippen LogP contribution in [0.2, 0.25) is 0 Å². The molecule has 1 aromatic rings. The minimum Gasteiger partial charge on any atom is -0.337 e. The highest BCUT2D eigenvalue weighted by molar-refractivity contribution is 7.99. The van der Waals surface area contributed by atoms with Crippen LogP contribution in [0, 0.1) is 0 Å². The van der Waals surface area contributed by atoms with E-state index in [-0.39, 0.29) is 6.03 Å². The summed E-state index contributed by atoms with van der Waals surface area (Å²) in [5.41, 5.74) is 1.21. The quantitative estimate of drug-likeness (QED) is 0.582. The summed E-state index contributed by atoms with van der Waals surface area (Å²) < 4.78 is 0. The molecule has 5 heteroatoms. The number of thioether (sulfide) groups is 2. The Morgan fingerprint density at radius 3 is 2.62 bits per heavy atom. The fraction of sp³-hybridized carbons (Fsp3) is 0.562. The second-order valence-electron chi connectivity index (χ2n) is 5.14. The van der Waals surface area contributed by atoms with Gasteiger partial charge in [0.05, 0.1) is 0 Å². The van der Waals surface area contributed by atoms with Gasteiger partial charge < -0.3 is 10.2 Å². The number of nitrogens with one attached hydrogen (secondary N) is 1. The molecule has 0 radical (unpaired) electrons. The Morgan fingerprint density at radius 2 is 2.05 bits per heavy atom. The minimum atomic E-state index is 0.0862. The third-order valence-corrected chi connectivity index (χ3v) is 5.13. The van der Waals surface area contributed by atoms with Crippen LogP contribution in [0.15, 0.2) is 29.2 Å². The summed E-state index contributed by atoms with van der Waals surface area (Å²) in [4.78, 5) is 15.6. The number of carbonyl (C=O) groups is 1. The smallest absolute Gasteiger partial charge is 0.317 e. The van der Waals surface area contributed by atoms with Crippen LogP contribution in [0.4, 0.5) is 4.79 Å². The number of nitrogens with zero attached hydrogens (tertiary/aromatic N) is 1. The monoisotopic (exact) mass is 324 g/mol. The molecule has 0 unspecified atom stereocenters. The standard InChI is InChI=1S/C16H24N2OS2/c1-3-21-11-10-17-16(19)18(14-6-7-14)12-13-4-8-15(20-2)9-5-13/h4-5,8-9,14H,3,6-7,10-12H2,1-2H3,(H,17,19). The van der Waals surface area contributed by atoms with Gasteiger partial charge in [0, 0.05) is 29.8 Å². The molecule has 21 heavy (non-hydrogen) atoms. The van der Waals surface area contributed by atoms with Crippen LogP contribution in [0.25, 0.3) is 0 Å². The van der Waals surface area contributed by atoms with Crippen molar-refractivity contribution >= 4 is 29.6 Å². The molecule has 116 valence electrons. The lowest BCUT2D eigenvalue weighted by atomic mass is 10.2. The third-order valence-electron chi connectivity index (χ3n) is 3.49. The number of benzene rings is 1. The van der Waals surface area contributed by atoms with Crippen LogP contribution in [-0.2, 0) is 6.54 Å². The summed E-state index contributed by atoms with van der Waals surface area (Å²) in [5, 5.41) is 3.04. The van der Waals surface area contributed by atoms with E-state index in [1.807, 2.05) is 16.7 Å². The Hall–Kier alpha value is -0.810. The first kappa shape index (κ1) is 16.6. The zero-order valence-electron chi connectivity index (χ0n) is 12.8. The molecule has 0 heterocycles. The Bertz CT molecular complexity index is 446. The van der Waals surface area contributed by atoms with Crippen molar-refractivity contribution in [1.29, 1.82) is 0 Å². The first-order valence-electron chi connectivity index (χ1n) is 7.49. The average molecular weight is 325 g/mol. The van der Waals surface area contributed by atoms with E-state index in [9.17, 15) is 4.79 Å². The van der Waals surface area contributed by atoms with E-state index in [2.05, 4.69) is 42.8 Å². The molecular formula is C16H24N2OS2. The summed E-state index contributed by atoms with van der Waals surface area (Å²) in [5.74, 6) is 2.09. The molecule has 0 aromatic heterocycles. The molecule has 0 bridgehead atoms. The number of amides is 2. The Labute approximate surface area is 136 Å². The van der Waals surface area contributed by atoms with Gasteiger partial charge in [-0.1, -0.05) is 19.1 Å². The minimum absolute atomic E-state index is 0.0862. The topological polar surface area (TPSA) is 32.3 Å². The molecule has 1 aromatic carbocycles. The summed E-state index contributed by atoms with van der Waals surface area (Å²) >= 11 is 3.60. The molecule has 2 amide bonds. The van der Waals surface area contributed by atoms with Gasteiger partial charge in [0.1, 0.15) is 0 Å². The number of hydrogen-bond donors (Lipinski definition) is 1. The molecule has 0 spiro atoms. The van der Waals surface area contributed by atoms with Crippen LogP contribution >= 0.6 is 23.5 Å². The number of rotatable bonds is 8. The maximum absolute atomic E-state index is 12.3. The van der Waals surface area contributed by atoms with Crippen LogP contribution in [-0.4, -0.2) is 41.3 Å². The lowest BCUT2D eigenvalue weighted by Gasteiger charge is -2.23. The van der Waals surface area contributed by atoms with Gasteiger partial charge >= 0.3 is 6.03 Å². The summed E-state index contributed by atoms with van der Waals surface area (Å²) in [6.07, 6.45) is 4.35. The van der Waals surface area contributed by atoms with E-state index >= 15 is 0 Å². The van der Waals surface area contributed by atoms with E-state index in [4.69, 9.17) is 0 Å². The van der Waals surface area contributed by atoms with Crippen LogP contribution < -0.4 is 5.32 Å². The van der Waals surface area contributed by atoms with Crippen molar-refractivity contribution in [2.45, 2.75) is 37.2 Å². The Balaban J connectivity index is 1.87. The molecule has 0 saturated heterocycles. The lowest BCUT2D eigenvalue weighted by molar-refractivity contribution is 0.192. The fourth-order valence-electron chi connectivity index (χ4n) is 2.16. The van der Waals surface area contributed by atoms with E-state index in [1.165, 1.54) is 10.5 Å². The maximum Gasteiger partial charge on any atom is 0.317 e. The average Bonchev–Trinajstić information content (AvgIpc) is 3.34. The first-order valence-corrected chi connectivity index (χ1v) is 9.87. The van der Waals surface area contributed by atoms with Crippen molar-refractivity contribution < 1.29 is 4.79 Å². The van der Waals surface area contributed by atoms with Gasteiger partial charge in [0.2, 0.25) is 0 Å². The molecule has 1 saturated carbocycles. The maximum atomic E-state index is 12.3. The Kier molecular flexibility index (Phi) is 6.77. The van der Waals surface area contributed by atoms with Gasteiger partial charge in [-0.05, 0) is 42.5 Å². The molecule has 1 fully saturated rings. The Morgan fingerprint density at radius 1 is 1.33 bits per heavy atom. The van der Waals surface area contributed by atoms with Crippen molar-refractivity contribution in [3.8, 4) is 0 Å². The predicted molar refractivity (Wildman–Crippen MR) is 93.2 cm³/mol. The molecule has 0 atom stereocenters. The summed E-state index contributed by atoms with van der Waals surface area (Å²) in [7, 11) is 0. The predicted octanol–water partition coefficient (Wildman–Crippen LogP) is 3.84. The summed E-state index contributed by atoms with van der Waals surface area (Å²) in [6, 6.07) is 9.03. The summed E-state index contributed by atoms with van der Waals surface area (Å²) in [6.45, 7) is 3.61. The van der Waals surface area contributed by atoms with Gasteiger partial charge in [-0.2, -0.15) is 11.8 Å². The highest BCUT2D eigenvalue weighted by Gasteiger charge is 2.32. The number of carbonyl (C=O) groups excluding carboxylic acids is 1. The van der Waals surface area contributed by atoms with Gasteiger partial charge in [0.25, 0.3) is 0 Å². The normalized spacial score (nSPS) is 14.0. The fourth-order valence-corrected chi connectivity index (χ4v) is 3.10. The van der Waals surface area contributed by atoms with Crippen molar-refractivity contribution in [1.82, 2.24) is 10.2 Å². The molecule has 3 nitrogen and oxygen atoms in total. The van der Waals surface area contributed by atoms with E-state index < -0.39 is 0 Å². The van der Waals surface area contributed by atoms with Crippen LogP contribution in [0.3, 0.4) is 0 Å². The van der Waals surface area contributed by atoms with Gasteiger partial charge in [-0.25, -0.2) is 4.79 Å². The SMILES string of the molecule is CCSCCNC(=O)N(Cc1ccc(SC)cc1)C1CC1. The largest absolute Gasteiger partial charge is 0.337 e. The second kappa shape index (κ2) is 8.59. The van der Waals surface area contributed by atoms with Gasteiger partial charge in [-0.15, -0.1) is 11.8 Å². The lowest BCUT2D eigenvalue weighted by Crippen LogP contribution is -2.41. The van der Waals surface area contributed by atoms with E-state index in [0.29, 0.717) is 12.6 Å². The van der Waals surface area contributed by atoms with Gasteiger partial charge in [-0.3, -0.25) is 0 Å². The highest BCUT2D eigenvalue weighted by atomic mass is 32.2. The van der Waals surface area contributed by atoms with Crippen molar-refractivity contribution in [3.63, 3.8) is 0 Å². The number of urea groups is 1. The van der Waals surface area contributed by atoms with E-state index in [1.54, 1.807) is 11.8 Å². The molecular weight excluding hydrogens is 300 g/mol. The molecule has 0 aliphatic heterocycles. The third kappa shape index (κ3) is 5.47. The number of hydrogen-bond acceptors (Lipinski definition) is 3. The van der Waals surface area contributed by atoms with Crippen molar-refractivity contribution in [2.75, 3.05) is 24.3 Å². The zero-order chi connectivity index (χ0) is 15.1. The molecule has 1 aliphatic rings. The molecule has 1 aliphatic carbocycles. The van der Waals surface area contributed by atoms with Crippen molar-refractivity contribution in [3.05, 3.63) is 29.8 Å². The highest BCUT2D eigenvalue weighted by Crippen LogP contribution is 2.28. The first-order chi connectivity index (χ1) is 10.2. The second-order valence-corrected chi connectivity index (χ2v) is 7.41. The zero-order valence-corrected chi connectivity index (χ0v) is 14.4. The van der Waals surface area contributed by atoms with Crippen LogP contribution in [0.1, 0.15) is 25.3 Å². The van der Waals surface area contributed by atoms with Gasteiger partial charge in [0.15, 0.2) is 0 Å². The molecule has 2 rings (SSSR count). The van der Waals surface area contributed by atoms with E-state index in [0.717, 1.165) is 30.9 Å². The van der Waals surface area contributed by atoms with Crippen molar-refractivity contribution in [2.24, 2.45) is 0 Å². The van der Waals surface area contributed by atoms with Crippen LogP contribution in [0.5, 0.6) is 0 Å². The molecule has 1 N–H and O–H groups in total.